The number of nitrogens with zero attached hydrogens (tertiary/aromatic N) is 1. The molecule has 184 valence electrons. The lowest BCUT2D eigenvalue weighted by Gasteiger charge is -2.31. The molecule has 6 heteroatoms. The van der Waals surface area contributed by atoms with E-state index < -0.39 is 6.04 Å². The minimum absolute atomic E-state index is 0.00128. The molecule has 34 heavy (non-hydrogen) atoms. The maximum Gasteiger partial charge on any atom is 0.243 e. The Kier molecular flexibility index (Phi) is 9.87. The monoisotopic (exact) mass is 482 g/mol. The lowest BCUT2D eigenvalue weighted by Crippen LogP contribution is -2.51. The Bertz CT molecular complexity index is 934. The first-order chi connectivity index (χ1) is 16.4. The normalized spacial score (nSPS) is 14.6. The first-order valence-corrected chi connectivity index (χ1v) is 13.4. The van der Waals surface area contributed by atoms with Gasteiger partial charge in [0.2, 0.25) is 11.8 Å². The van der Waals surface area contributed by atoms with E-state index >= 15 is 0 Å². The van der Waals surface area contributed by atoms with Gasteiger partial charge in [-0.25, -0.2) is 0 Å². The van der Waals surface area contributed by atoms with Crippen molar-refractivity contribution in [3.05, 3.63) is 64.7 Å². The van der Waals surface area contributed by atoms with Crippen LogP contribution in [0.4, 0.5) is 0 Å². The largest absolute Gasteiger partial charge is 0.497 e. The maximum absolute atomic E-state index is 13.4. The summed E-state index contributed by atoms with van der Waals surface area (Å²) in [7, 11) is 1.64. The fraction of sp³-hybridized carbons (Fsp3) is 0.500. The Hall–Kier alpha value is -2.47. The van der Waals surface area contributed by atoms with Crippen molar-refractivity contribution < 1.29 is 14.3 Å². The van der Waals surface area contributed by atoms with Crippen molar-refractivity contribution in [3.63, 3.8) is 0 Å². The van der Waals surface area contributed by atoms with Crippen LogP contribution in [0.2, 0.25) is 0 Å². The van der Waals surface area contributed by atoms with Crippen LogP contribution in [0.3, 0.4) is 0 Å². The molecule has 1 atom stereocenters. The predicted octanol–water partition coefficient (Wildman–Crippen LogP) is 5.41. The molecule has 0 aromatic heterocycles. The highest BCUT2D eigenvalue weighted by Gasteiger charge is 2.30. The molecule has 0 saturated heterocycles. The third-order valence-corrected chi connectivity index (χ3v) is 7.36. The summed E-state index contributed by atoms with van der Waals surface area (Å²) < 4.78 is 5.27. The van der Waals surface area contributed by atoms with Crippen molar-refractivity contribution in [1.29, 1.82) is 0 Å². The average Bonchev–Trinajstić information content (AvgIpc) is 3.31. The summed E-state index contributed by atoms with van der Waals surface area (Å²) in [6.07, 6.45) is 4.96. The minimum atomic E-state index is -0.475. The van der Waals surface area contributed by atoms with Gasteiger partial charge in [0.15, 0.2) is 0 Å². The van der Waals surface area contributed by atoms with E-state index in [0.29, 0.717) is 18.7 Å². The van der Waals surface area contributed by atoms with Crippen molar-refractivity contribution in [1.82, 2.24) is 10.2 Å². The van der Waals surface area contributed by atoms with E-state index in [4.69, 9.17) is 4.74 Å². The number of methoxy groups -OCH3 is 1. The number of benzene rings is 2. The predicted molar refractivity (Wildman–Crippen MR) is 140 cm³/mol. The third kappa shape index (κ3) is 7.52. The lowest BCUT2D eigenvalue weighted by molar-refractivity contribution is -0.139. The third-order valence-electron chi connectivity index (χ3n) is 6.38. The van der Waals surface area contributed by atoms with Gasteiger partial charge >= 0.3 is 0 Å². The van der Waals surface area contributed by atoms with E-state index in [1.54, 1.807) is 23.8 Å². The minimum Gasteiger partial charge on any atom is -0.497 e. The number of hydrogen-bond acceptors (Lipinski definition) is 4. The topological polar surface area (TPSA) is 58.6 Å². The Morgan fingerprint density at radius 2 is 1.71 bits per heavy atom. The second-order valence-electron chi connectivity index (χ2n) is 9.27. The highest BCUT2D eigenvalue weighted by atomic mass is 32.2. The van der Waals surface area contributed by atoms with Crippen LogP contribution in [0.25, 0.3) is 0 Å². The van der Waals surface area contributed by atoms with Crippen molar-refractivity contribution in [2.45, 2.75) is 77.3 Å². The van der Waals surface area contributed by atoms with E-state index in [9.17, 15) is 9.59 Å². The highest BCUT2D eigenvalue weighted by Crippen LogP contribution is 2.22. The van der Waals surface area contributed by atoms with Gasteiger partial charge < -0.3 is 15.0 Å². The summed E-state index contributed by atoms with van der Waals surface area (Å²) in [6, 6.07) is 14.0. The molecule has 0 radical (unpaired) electrons. The molecular weight excluding hydrogens is 444 g/mol. The Labute approximate surface area is 208 Å². The van der Waals surface area contributed by atoms with E-state index in [0.717, 1.165) is 42.7 Å². The summed E-state index contributed by atoms with van der Waals surface area (Å²) in [5.74, 6) is 1.86. The SMILES string of the molecule is CC[C@H](C(=O)NC1CCCC1)N(Cc1ccc(OC)cc1)C(=O)CSCc1cc(C)cc(C)c1. The molecule has 0 spiro atoms. The van der Waals surface area contributed by atoms with Gasteiger partial charge in [-0.15, -0.1) is 11.8 Å². The van der Waals surface area contributed by atoms with Crippen molar-refractivity contribution in [3.8, 4) is 5.75 Å². The highest BCUT2D eigenvalue weighted by molar-refractivity contribution is 7.99. The molecular formula is C28H38N2O3S. The van der Waals surface area contributed by atoms with Gasteiger partial charge in [-0.05, 0) is 56.4 Å². The number of carbonyl (C=O) groups is 2. The van der Waals surface area contributed by atoms with E-state index in [1.165, 1.54) is 16.7 Å². The number of amides is 2. The molecule has 0 unspecified atom stereocenters. The maximum atomic E-state index is 13.4. The fourth-order valence-electron chi connectivity index (χ4n) is 4.71. The molecule has 0 bridgehead atoms. The summed E-state index contributed by atoms with van der Waals surface area (Å²) in [5.41, 5.74) is 4.68. The number of aryl methyl sites for hydroxylation is 2. The summed E-state index contributed by atoms with van der Waals surface area (Å²) in [5, 5.41) is 3.20. The number of nitrogens with one attached hydrogen (secondary N) is 1. The summed E-state index contributed by atoms with van der Waals surface area (Å²) in [4.78, 5) is 28.4. The van der Waals surface area contributed by atoms with Gasteiger partial charge in [0.05, 0.1) is 12.9 Å². The standard InChI is InChI=1S/C28H38N2O3S/c1-5-26(28(32)29-24-8-6-7-9-24)30(17-22-10-12-25(33-4)13-11-22)27(31)19-34-18-23-15-20(2)14-21(3)16-23/h10-16,24,26H,5-9,17-19H2,1-4H3,(H,29,32)/t26-/m1/s1. The number of ether oxygens (including phenoxy) is 1. The van der Waals surface area contributed by atoms with Gasteiger partial charge in [0.1, 0.15) is 11.8 Å². The molecule has 5 nitrogen and oxygen atoms in total. The number of thioether (sulfide) groups is 1. The summed E-state index contributed by atoms with van der Waals surface area (Å²) >= 11 is 1.61. The van der Waals surface area contributed by atoms with Crippen LogP contribution < -0.4 is 10.1 Å². The van der Waals surface area contributed by atoms with Gasteiger partial charge in [-0.3, -0.25) is 9.59 Å². The lowest BCUT2D eigenvalue weighted by atomic mass is 10.1. The first-order valence-electron chi connectivity index (χ1n) is 12.3. The first kappa shape index (κ1) is 26.1. The van der Waals surface area contributed by atoms with Crippen molar-refractivity contribution >= 4 is 23.6 Å². The Morgan fingerprint density at radius 3 is 2.29 bits per heavy atom. The molecule has 1 N–H and O–H groups in total. The van der Waals surface area contributed by atoms with Crippen molar-refractivity contribution in [2.24, 2.45) is 0 Å². The second-order valence-corrected chi connectivity index (χ2v) is 10.3. The molecule has 0 aliphatic heterocycles. The smallest absolute Gasteiger partial charge is 0.243 e. The molecule has 1 fully saturated rings. The zero-order chi connectivity index (χ0) is 24.5. The number of hydrogen-bond donors (Lipinski definition) is 1. The molecule has 2 amide bonds. The molecule has 2 aromatic carbocycles. The van der Waals surface area contributed by atoms with Crippen LogP contribution in [0.5, 0.6) is 5.75 Å². The van der Waals surface area contributed by atoms with Gasteiger partial charge in [0.25, 0.3) is 0 Å². The average molecular weight is 483 g/mol. The summed E-state index contributed by atoms with van der Waals surface area (Å²) in [6.45, 7) is 6.58. The second kappa shape index (κ2) is 12.8. The fourth-order valence-corrected chi connectivity index (χ4v) is 5.55. The Morgan fingerprint density at radius 1 is 1.06 bits per heavy atom. The molecule has 2 aromatic rings. The zero-order valence-electron chi connectivity index (χ0n) is 20.9. The van der Waals surface area contributed by atoms with Gasteiger partial charge in [0, 0.05) is 18.3 Å². The van der Waals surface area contributed by atoms with E-state index in [-0.39, 0.29) is 17.9 Å². The van der Waals surface area contributed by atoms with Crippen LogP contribution in [-0.4, -0.2) is 41.7 Å². The quantitative estimate of drug-likeness (QED) is 0.465. The van der Waals surface area contributed by atoms with Crippen LogP contribution in [0, 0.1) is 13.8 Å². The Balaban J connectivity index is 1.71. The van der Waals surface area contributed by atoms with Gasteiger partial charge in [-0.1, -0.05) is 61.2 Å². The zero-order valence-corrected chi connectivity index (χ0v) is 21.7. The number of carbonyl (C=O) groups excluding carboxylic acids is 2. The molecule has 1 saturated carbocycles. The van der Waals surface area contributed by atoms with Crippen molar-refractivity contribution in [2.75, 3.05) is 12.9 Å². The van der Waals surface area contributed by atoms with E-state index in [2.05, 4.69) is 37.4 Å². The molecule has 1 aliphatic rings. The van der Waals surface area contributed by atoms with Crippen LogP contribution in [-0.2, 0) is 21.9 Å². The number of rotatable bonds is 11. The molecule has 3 rings (SSSR count). The van der Waals surface area contributed by atoms with Crippen LogP contribution in [0.15, 0.2) is 42.5 Å². The molecule has 0 heterocycles. The van der Waals surface area contributed by atoms with E-state index in [1.807, 2.05) is 31.2 Å². The van der Waals surface area contributed by atoms with Crippen LogP contribution in [0.1, 0.15) is 61.3 Å². The molecule has 1 aliphatic carbocycles. The van der Waals surface area contributed by atoms with Crippen LogP contribution >= 0.6 is 11.8 Å². The van der Waals surface area contributed by atoms with Gasteiger partial charge in [-0.2, -0.15) is 0 Å².